The molecule has 0 saturated heterocycles. The second-order valence-electron chi connectivity index (χ2n) is 21.8. The Morgan fingerprint density at radius 2 is 0.882 bits per heavy atom. The number of aldehydes is 1. The lowest BCUT2D eigenvalue weighted by Crippen LogP contribution is -2.26. The molecule has 5 atom stereocenters. The molecule has 0 aromatic rings. The van der Waals surface area contributed by atoms with E-state index in [1.807, 2.05) is 41.5 Å². The predicted octanol–water partition coefficient (Wildman–Crippen LogP) is 16.7. The number of hydrogen-bond acceptors (Lipinski definition) is 10. The summed E-state index contributed by atoms with van der Waals surface area (Å²) >= 11 is 0. The molecule has 0 amide bonds. The van der Waals surface area contributed by atoms with Gasteiger partial charge in [-0.15, -0.1) is 26.3 Å². The van der Waals surface area contributed by atoms with E-state index in [0.717, 1.165) is 150 Å². The largest absolute Gasteiger partial charge is 0.466 e. The molecule has 0 aliphatic heterocycles. The summed E-state index contributed by atoms with van der Waals surface area (Å²) in [6.07, 6.45) is 21.6. The molecule has 0 aromatic heterocycles. The van der Waals surface area contributed by atoms with Crippen molar-refractivity contribution in [2.45, 2.75) is 223 Å². The van der Waals surface area contributed by atoms with E-state index in [-0.39, 0.29) is 43.0 Å². The highest BCUT2D eigenvalue weighted by Crippen LogP contribution is 2.25. The minimum Gasteiger partial charge on any atom is -0.466 e. The van der Waals surface area contributed by atoms with Crippen molar-refractivity contribution in [2.24, 2.45) is 23.7 Å². The highest BCUT2D eigenvalue weighted by Gasteiger charge is 2.21. The molecule has 0 radical (unpaired) electrons. The van der Waals surface area contributed by atoms with Crippen LogP contribution in [-0.4, -0.2) is 96.4 Å². The third kappa shape index (κ3) is 52.8. The number of allylic oxidation sites excluding steroid dienone is 5. The molecule has 0 aliphatic rings. The summed E-state index contributed by atoms with van der Waals surface area (Å²) in [6, 6.07) is 0. The van der Waals surface area contributed by atoms with E-state index in [1.165, 1.54) is 42.4 Å². The average molecular weight is 1070 g/mol. The van der Waals surface area contributed by atoms with Gasteiger partial charge < -0.3 is 43.6 Å². The van der Waals surface area contributed by atoms with Crippen molar-refractivity contribution in [1.82, 2.24) is 5.32 Å². The van der Waals surface area contributed by atoms with E-state index in [9.17, 15) is 9.59 Å². The van der Waals surface area contributed by atoms with Crippen molar-refractivity contribution in [3.63, 3.8) is 0 Å². The van der Waals surface area contributed by atoms with Crippen LogP contribution in [0.2, 0.25) is 0 Å². The van der Waals surface area contributed by atoms with Gasteiger partial charge in [0.2, 0.25) is 0 Å². The number of carbonyl (C=O) groups excluding carboxylic acids is 2. The van der Waals surface area contributed by atoms with Gasteiger partial charge in [0.1, 0.15) is 6.29 Å². The predicted molar refractivity (Wildman–Crippen MR) is 325 cm³/mol. The Morgan fingerprint density at radius 3 is 1.29 bits per heavy atom. The summed E-state index contributed by atoms with van der Waals surface area (Å²) in [6.45, 7) is 56.8. The Hall–Kier alpha value is -3.22. The number of rotatable bonds is 51. The number of hydrogen-bond donors (Lipinski definition) is 2. The quantitative estimate of drug-likeness (QED) is 0.0200. The zero-order valence-electron chi connectivity index (χ0n) is 51.0. The second-order valence-corrected chi connectivity index (χ2v) is 21.8. The number of nitrogens with one attached hydrogen (secondary N) is 1. The molecule has 0 heterocycles. The van der Waals surface area contributed by atoms with E-state index in [0.29, 0.717) is 58.2 Å². The topological polar surface area (TPSA) is 122 Å². The lowest BCUT2D eigenvalue weighted by atomic mass is 9.92. The normalized spacial score (nSPS) is 13.3. The minimum absolute atomic E-state index is 0.208. The van der Waals surface area contributed by atoms with Gasteiger partial charge in [0.15, 0.2) is 12.6 Å². The Balaban J connectivity index is -0.00000128. The number of methoxy groups -OCH3 is 1. The summed E-state index contributed by atoms with van der Waals surface area (Å²) in [5.41, 5.74) is 9.11. The summed E-state index contributed by atoms with van der Waals surface area (Å²) < 4.78 is 34.9. The molecule has 0 aromatic carbocycles. The standard InChI is InChI=1S/C34H61NO5.C25H42O3.C7H16O/c1-27(2)15-17-31(29(5)6)25-39-34(40-26-32(30(7)8)18-16-28(3)4)20-19-33(37)38-24-14-10-9-11-21-35-22-12-13-23-36;1-19(2)11-13-23(21(5)6)15-17-27-25(10-9-16-26)28-18-24(22(7)8)14-12-20(3)4;1-3-4-5-6-7-8-2/h31-32,34-36H,1,3,5,7,9-26H2,2,4,6,8H3;16,23-25H,1,3,5,7,9-15,17-18H2,2,4,6,8H3;3-7H2,1-2H3. The first-order valence-corrected chi connectivity index (χ1v) is 29.2. The Kier molecular flexibility index (Phi) is 54.5. The number of unbranched alkanes of at least 4 members (excludes halogenated alkanes) is 7. The van der Waals surface area contributed by atoms with E-state index in [2.05, 4.69) is 78.7 Å². The van der Waals surface area contributed by atoms with Crippen molar-refractivity contribution in [3.8, 4) is 0 Å². The fourth-order valence-corrected chi connectivity index (χ4v) is 7.74. The van der Waals surface area contributed by atoms with Crippen LogP contribution in [0.3, 0.4) is 0 Å². The van der Waals surface area contributed by atoms with E-state index >= 15 is 0 Å². The maximum Gasteiger partial charge on any atom is 0.305 e. The minimum atomic E-state index is -0.490. The van der Waals surface area contributed by atoms with Gasteiger partial charge in [0.25, 0.3) is 0 Å². The monoisotopic (exact) mass is 1070 g/mol. The van der Waals surface area contributed by atoms with Gasteiger partial charge in [-0.25, -0.2) is 0 Å². The van der Waals surface area contributed by atoms with Gasteiger partial charge in [-0.05, 0) is 164 Å². The molecule has 10 heteroatoms. The third-order valence-corrected chi connectivity index (χ3v) is 13.3. The van der Waals surface area contributed by atoms with Crippen LogP contribution >= 0.6 is 0 Å². The maximum absolute atomic E-state index is 12.4. The van der Waals surface area contributed by atoms with Gasteiger partial charge in [-0.3, -0.25) is 4.79 Å². The van der Waals surface area contributed by atoms with Crippen molar-refractivity contribution < 1.29 is 43.1 Å². The first-order chi connectivity index (χ1) is 36.1. The molecular formula is C66H119NO9. The molecule has 2 N–H and O–H groups in total. The Bertz CT molecular complexity index is 1520. The van der Waals surface area contributed by atoms with E-state index < -0.39 is 6.29 Å². The van der Waals surface area contributed by atoms with Crippen molar-refractivity contribution in [3.05, 3.63) is 97.2 Å². The first kappa shape index (κ1) is 77.0. The molecule has 0 rings (SSSR count). The van der Waals surface area contributed by atoms with Crippen LogP contribution in [0.15, 0.2) is 97.2 Å². The molecule has 5 unspecified atom stereocenters. The molecule has 10 nitrogen and oxygen atoms in total. The number of ether oxygens (including phenoxy) is 6. The van der Waals surface area contributed by atoms with Crippen LogP contribution in [0.1, 0.15) is 210 Å². The van der Waals surface area contributed by atoms with Gasteiger partial charge in [-0.2, -0.15) is 0 Å². The van der Waals surface area contributed by atoms with Crippen LogP contribution in [0.4, 0.5) is 0 Å². The van der Waals surface area contributed by atoms with Crippen LogP contribution in [0.5, 0.6) is 0 Å². The van der Waals surface area contributed by atoms with Gasteiger partial charge in [0.05, 0.1) is 39.5 Å². The average Bonchev–Trinajstić information content (AvgIpc) is 3.35. The lowest BCUT2D eigenvalue weighted by molar-refractivity contribution is -0.165. The summed E-state index contributed by atoms with van der Waals surface area (Å²) in [5, 5.41) is 12.2. The number of carbonyl (C=O) groups is 2. The van der Waals surface area contributed by atoms with Crippen molar-refractivity contribution >= 4 is 12.3 Å². The molecule has 0 aliphatic carbocycles. The number of aliphatic hydroxyl groups is 1. The maximum atomic E-state index is 12.4. The molecular weight excluding hydrogens is 951 g/mol. The SMILES string of the molecule is C=C(C)CCC(CCOC(CCC=O)OCC(CCC(=C)C)C(=C)C)C(=C)C.C=C(C)CCC(COC(CCC(=O)OCCCCCCNCCCCO)OCC(CCC(=C)C)C(=C)C)C(=C)C.CCCCCCOC. The number of esters is 1. The van der Waals surface area contributed by atoms with Crippen molar-refractivity contribution in [1.29, 1.82) is 0 Å². The zero-order valence-corrected chi connectivity index (χ0v) is 51.0. The van der Waals surface area contributed by atoms with Gasteiger partial charge >= 0.3 is 5.97 Å². The molecule has 0 spiro atoms. The van der Waals surface area contributed by atoms with E-state index in [4.69, 9.17) is 33.5 Å². The van der Waals surface area contributed by atoms with Gasteiger partial charge in [-0.1, -0.05) is 110 Å². The molecule has 0 bridgehead atoms. The summed E-state index contributed by atoms with van der Waals surface area (Å²) in [5.74, 6) is 0.914. The third-order valence-electron chi connectivity index (χ3n) is 13.3. The fraction of sp³-hybridized carbons (Fsp3) is 0.727. The molecule has 0 fully saturated rings. The van der Waals surface area contributed by atoms with Crippen LogP contribution in [0.25, 0.3) is 0 Å². The van der Waals surface area contributed by atoms with Crippen LogP contribution in [-0.2, 0) is 38.0 Å². The fourth-order valence-electron chi connectivity index (χ4n) is 7.74. The zero-order chi connectivity index (χ0) is 57.9. The van der Waals surface area contributed by atoms with Crippen LogP contribution < -0.4 is 5.32 Å². The summed E-state index contributed by atoms with van der Waals surface area (Å²) in [4.78, 5) is 23.2. The van der Waals surface area contributed by atoms with E-state index in [1.54, 1.807) is 7.11 Å². The van der Waals surface area contributed by atoms with Crippen molar-refractivity contribution in [2.75, 3.05) is 66.4 Å². The second kappa shape index (κ2) is 53.8. The Labute approximate surface area is 468 Å². The molecule has 442 valence electrons. The summed E-state index contributed by atoms with van der Waals surface area (Å²) in [7, 11) is 1.76. The highest BCUT2D eigenvalue weighted by atomic mass is 16.7. The van der Waals surface area contributed by atoms with Gasteiger partial charge in [0, 0.05) is 57.3 Å². The first-order valence-electron chi connectivity index (χ1n) is 29.2. The van der Waals surface area contributed by atoms with Crippen LogP contribution in [0, 0.1) is 23.7 Å². The molecule has 0 saturated carbocycles. The lowest BCUT2D eigenvalue weighted by Gasteiger charge is -2.25. The number of aliphatic hydroxyl groups excluding tert-OH is 1. The highest BCUT2D eigenvalue weighted by molar-refractivity contribution is 5.69. The smallest absolute Gasteiger partial charge is 0.305 e. The Morgan fingerprint density at radius 1 is 0.474 bits per heavy atom. The molecule has 76 heavy (non-hydrogen) atoms.